The molecule has 0 aliphatic heterocycles. The van der Waals surface area contributed by atoms with Gasteiger partial charge in [0.2, 0.25) is 5.91 Å². The summed E-state index contributed by atoms with van der Waals surface area (Å²) >= 11 is 6.03. The van der Waals surface area contributed by atoms with Crippen LogP contribution in [0.5, 0.6) is 5.75 Å². The number of benzene rings is 1. The first-order valence-corrected chi connectivity index (χ1v) is 7.10. The van der Waals surface area contributed by atoms with Crippen LogP contribution in [0.1, 0.15) is 32.3 Å². The Labute approximate surface area is 125 Å². The third kappa shape index (κ3) is 5.80. The normalized spacial score (nSPS) is 13.7. The van der Waals surface area contributed by atoms with E-state index in [0.29, 0.717) is 30.0 Å². The number of aryl methyl sites for hydroxylation is 1. The molecule has 0 radical (unpaired) electrons. The summed E-state index contributed by atoms with van der Waals surface area (Å²) < 4.78 is 5.08. The summed E-state index contributed by atoms with van der Waals surface area (Å²) in [5.74, 6) is 0.607. The molecule has 0 saturated heterocycles. The molecule has 0 aliphatic carbocycles. The average molecular weight is 300 g/mol. The molecular formula is C15H22ClNO3. The standard InChI is InChI=1S/C15H22ClNO3/c1-10(8-11(2)18)17-15(19)7-5-12-4-6-14(20-3)13(16)9-12/h4,6,9-11,18H,5,7-8H2,1-3H3,(H,17,19). The van der Waals surface area contributed by atoms with Crippen molar-refractivity contribution in [3.63, 3.8) is 0 Å². The molecule has 1 aromatic rings. The summed E-state index contributed by atoms with van der Waals surface area (Å²) in [6, 6.07) is 5.48. The third-order valence-electron chi connectivity index (χ3n) is 2.96. The molecule has 4 nitrogen and oxygen atoms in total. The minimum absolute atomic E-state index is 0.0231. The first-order valence-electron chi connectivity index (χ1n) is 6.72. The van der Waals surface area contributed by atoms with E-state index in [2.05, 4.69) is 5.32 Å². The maximum Gasteiger partial charge on any atom is 0.220 e. The number of aliphatic hydroxyl groups excluding tert-OH is 1. The largest absolute Gasteiger partial charge is 0.495 e. The van der Waals surface area contributed by atoms with Gasteiger partial charge in [0, 0.05) is 12.5 Å². The van der Waals surface area contributed by atoms with Gasteiger partial charge in [-0.3, -0.25) is 4.79 Å². The van der Waals surface area contributed by atoms with Crippen molar-refractivity contribution in [1.82, 2.24) is 5.32 Å². The minimum atomic E-state index is -0.411. The molecule has 2 N–H and O–H groups in total. The van der Waals surface area contributed by atoms with Crippen LogP contribution >= 0.6 is 11.6 Å². The molecule has 0 aliphatic rings. The molecule has 2 atom stereocenters. The molecule has 1 aromatic carbocycles. The van der Waals surface area contributed by atoms with Gasteiger partial charge in [0.1, 0.15) is 5.75 Å². The molecular weight excluding hydrogens is 278 g/mol. The average Bonchev–Trinajstić information content (AvgIpc) is 2.35. The number of amides is 1. The molecule has 0 saturated carbocycles. The lowest BCUT2D eigenvalue weighted by Crippen LogP contribution is -2.34. The van der Waals surface area contributed by atoms with Gasteiger partial charge in [0.25, 0.3) is 0 Å². The summed E-state index contributed by atoms with van der Waals surface area (Å²) in [4.78, 5) is 11.8. The quantitative estimate of drug-likeness (QED) is 0.813. The van der Waals surface area contributed by atoms with E-state index in [4.69, 9.17) is 16.3 Å². The number of aliphatic hydroxyl groups is 1. The minimum Gasteiger partial charge on any atom is -0.495 e. The zero-order valence-corrected chi connectivity index (χ0v) is 12.9. The lowest BCUT2D eigenvalue weighted by molar-refractivity contribution is -0.121. The van der Waals surface area contributed by atoms with Crippen molar-refractivity contribution in [3.05, 3.63) is 28.8 Å². The summed E-state index contributed by atoms with van der Waals surface area (Å²) in [6.07, 6.45) is 1.16. The van der Waals surface area contributed by atoms with Crippen LogP contribution in [0.2, 0.25) is 5.02 Å². The number of halogens is 1. The second-order valence-corrected chi connectivity index (χ2v) is 5.43. The Hall–Kier alpha value is -1.26. The fraction of sp³-hybridized carbons (Fsp3) is 0.533. The Balaban J connectivity index is 2.43. The number of nitrogens with one attached hydrogen (secondary N) is 1. The summed E-state index contributed by atoms with van der Waals surface area (Å²) in [5.41, 5.74) is 0.995. The molecule has 0 aromatic heterocycles. The summed E-state index contributed by atoms with van der Waals surface area (Å²) in [5, 5.41) is 12.7. The van der Waals surface area contributed by atoms with Crippen LogP contribution in [0.3, 0.4) is 0 Å². The topological polar surface area (TPSA) is 58.6 Å². The van der Waals surface area contributed by atoms with Crippen LogP contribution in [0.25, 0.3) is 0 Å². The van der Waals surface area contributed by atoms with E-state index in [1.165, 1.54) is 0 Å². The Morgan fingerprint density at radius 3 is 2.70 bits per heavy atom. The van der Waals surface area contributed by atoms with Crippen molar-refractivity contribution >= 4 is 17.5 Å². The fourth-order valence-corrected chi connectivity index (χ4v) is 2.32. The Morgan fingerprint density at radius 1 is 1.45 bits per heavy atom. The Bertz CT molecular complexity index is 449. The maximum absolute atomic E-state index is 11.8. The monoisotopic (exact) mass is 299 g/mol. The van der Waals surface area contributed by atoms with Gasteiger partial charge in [-0.15, -0.1) is 0 Å². The Kier molecular flexibility index (Phi) is 6.82. The van der Waals surface area contributed by atoms with Gasteiger partial charge >= 0.3 is 0 Å². The number of carbonyl (C=O) groups excluding carboxylic acids is 1. The van der Waals surface area contributed by atoms with E-state index >= 15 is 0 Å². The van der Waals surface area contributed by atoms with Crippen LogP contribution in [0.15, 0.2) is 18.2 Å². The van der Waals surface area contributed by atoms with E-state index < -0.39 is 6.10 Å². The first kappa shape index (κ1) is 16.8. The predicted octanol–water partition coefficient (Wildman–Crippen LogP) is 2.56. The van der Waals surface area contributed by atoms with Crippen LogP contribution in [-0.4, -0.2) is 30.3 Å². The predicted molar refractivity (Wildman–Crippen MR) is 80.2 cm³/mol. The zero-order valence-electron chi connectivity index (χ0n) is 12.1. The Morgan fingerprint density at radius 2 is 2.15 bits per heavy atom. The van der Waals surface area contributed by atoms with Crippen LogP contribution < -0.4 is 10.1 Å². The van der Waals surface area contributed by atoms with Gasteiger partial charge in [0.05, 0.1) is 18.2 Å². The number of carbonyl (C=O) groups is 1. The SMILES string of the molecule is COc1ccc(CCC(=O)NC(C)CC(C)O)cc1Cl. The molecule has 0 spiro atoms. The van der Waals surface area contributed by atoms with Crippen LogP contribution in [0, 0.1) is 0 Å². The van der Waals surface area contributed by atoms with Crippen molar-refractivity contribution in [2.45, 2.75) is 45.3 Å². The van der Waals surface area contributed by atoms with Crippen molar-refractivity contribution < 1.29 is 14.6 Å². The summed E-state index contributed by atoms with van der Waals surface area (Å²) in [7, 11) is 1.57. The van der Waals surface area contributed by atoms with Crippen molar-refractivity contribution in [3.8, 4) is 5.75 Å². The van der Waals surface area contributed by atoms with Gasteiger partial charge in [-0.2, -0.15) is 0 Å². The lowest BCUT2D eigenvalue weighted by atomic mass is 10.1. The third-order valence-corrected chi connectivity index (χ3v) is 3.25. The highest BCUT2D eigenvalue weighted by Gasteiger charge is 2.10. The molecule has 20 heavy (non-hydrogen) atoms. The maximum atomic E-state index is 11.8. The van der Waals surface area contributed by atoms with Crippen LogP contribution in [0.4, 0.5) is 0 Å². The smallest absolute Gasteiger partial charge is 0.220 e. The highest BCUT2D eigenvalue weighted by molar-refractivity contribution is 6.32. The molecule has 5 heteroatoms. The number of methoxy groups -OCH3 is 1. The number of hydrogen-bond acceptors (Lipinski definition) is 3. The molecule has 0 bridgehead atoms. The lowest BCUT2D eigenvalue weighted by Gasteiger charge is -2.15. The molecule has 0 fully saturated rings. The van der Waals surface area contributed by atoms with Gasteiger partial charge in [-0.25, -0.2) is 0 Å². The van der Waals surface area contributed by atoms with Crippen LogP contribution in [-0.2, 0) is 11.2 Å². The van der Waals surface area contributed by atoms with E-state index in [1.54, 1.807) is 20.1 Å². The number of rotatable bonds is 7. The summed E-state index contributed by atoms with van der Waals surface area (Å²) in [6.45, 7) is 3.59. The fourth-order valence-electron chi connectivity index (χ4n) is 2.04. The van der Waals surface area contributed by atoms with Crippen molar-refractivity contribution in [2.24, 2.45) is 0 Å². The molecule has 0 heterocycles. The van der Waals surface area contributed by atoms with Gasteiger partial charge in [-0.05, 0) is 44.4 Å². The van der Waals surface area contributed by atoms with Crippen molar-refractivity contribution in [2.75, 3.05) is 7.11 Å². The highest BCUT2D eigenvalue weighted by atomic mass is 35.5. The van der Waals surface area contributed by atoms with E-state index in [-0.39, 0.29) is 11.9 Å². The van der Waals surface area contributed by atoms with Crippen molar-refractivity contribution in [1.29, 1.82) is 0 Å². The molecule has 1 amide bonds. The van der Waals surface area contributed by atoms with E-state index in [9.17, 15) is 9.90 Å². The first-order chi connectivity index (χ1) is 9.42. The van der Waals surface area contributed by atoms with Gasteiger partial charge in [-0.1, -0.05) is 17.7 Å². The van der Waals surface area contributed by atoms with E-state index in [0.717, 1.165) is 5.56 Å². The highest BCUT2D eigenvalue weighted by Crippen LogP contribution is 2.25. The second kappa shape index (κ2) is 8.12. The number of hydrogen-bond donors (Lipinski definition) is 2. The second-order valence-electron chi connectivity index (χ2n) is 5.02. The molecule has 2 unspecified atom stereocenters. The zero-order chi connectivity index (χ0) is 15.1. The molecule has 112 valence electrons. The van der Waals surface area contributed by atoms with Gasteiger partial charge in [0.15, 0.2) is 0 Å². The van der Waals surface area contributed by atoms with E-state index in [1.807, 2.05) is 19.1 Å². The van der Waals surface area contributed by atoms with Gasteiger partial charge < -0.3 is 15.2 Å². The molecule has 1 rings (SSSR count). The number of ether oxygens (including phenoxy) is 1.